The zero-order valence-corrected chi connectivity index (χ0v) is 10.7. The van der Waals surface area contributed by atoms with E-state index in [1.54, 1.807) is 0 Å². The van der Waals surface area contributed by atoms with Gasteiger partial charge in [0.15, 0.2) is 0 Å². The zero-order valence-electron chi connectivity index (χ0n) is 9.12. The number of hydrogen-bond acceptors (Lipinski definition) is 2. The van der Waals surface area contributed by atoms with Crippen molar-refractivity contribution in [2.75, 3.05) is 6.54 Å². The number of benzene rings is 1. The van der Waals surface area contributed by atoms with Crippen LogP contribution >= 0.6 is 15.9 Å². The van der Waals surface area contributed by atoms with Crippen molar-refractivity contribution in [2.45, 2.75) is 18.9 Å². The molecule has 1 N–H and O–H groups in total. The molecular formula is C13H15BrN2. The third-order valence-electron chi connectivity index (χ3n) is 2.29. The minimum absolute atomic E-state index is 0.218. The highest BCUT2D eigenvalue weighted by Gasteiger charge is 2.09. The van der Waals surface area contributed by atoms with E-state index in [2.05, 4.69) is 46.0 Å². The summed E-state index contributed by atoms with van der Waals surface area (Å²) in [4.78, 5) is 0. The summed E-state index contributed by atoms with van der Waals surface area (Å²) in [6, 6.07) is 12.6. The van der Waals surface area contributed by atoms with E-state index in [1.165, 1.54) is 5.56 Å². The molecule has 0 amide bonds. The Morgan fingerprint density at radius 3 is 2.69 bits per heavy atom. The molecule has 84 valence electrons. The zero-order chi connectivity index (χ0) is 11.8. The lowest BCUT2D eigenvalue weighted by Gasteiger charge is -2.17. The highest BCUT2D eigenvalue weighted by molar-refractivity contribution is 9.11. The molecule has 0 fully saturated rings. The number of nitrogens with zero attached hydrogens (tertiary/aromatic N) is 1. The topological polar surface area (TPSA) is 35.8 Å². The Bertz CT molecular complexity index is 367. The quantitative estimate of drug-likeness (QED) is 0.864. The van der Waals surface area contributed by atoms with Gasteiger partial charge < -0.3 is 5.32 Å². The van der Waals surface area contributed by atoms with Crippen molar-refractivity contribution in [2.24, 2.45) is 0 Å². The molecule has 0 radical (unpaired) electrons. The lowest BCUT2D eigenvalue weighted by atomic mass is 10.0. The van der Waals surface area contributed by atoms with Crippen LogP contribution in [0, 0.1) is 11.3 Å². The van der Waals surface area contributed by atoms with Crippen molar-refractivity contribution in [1.29, 1.82) is 5.26 Å². The van der Waals surface area contributed by atoms with Crippen LogP contribution in [-0.4, -0.2) is 6.54 Å². The average Bonchev–Trinajstić information content (AvgIpc) is 2.30. The Balaban J connectivity index is 2.64. The number of hydrogen-bond donors (Lipinski definition) is 1. The minimum Gasteiger partial charge on any atom is -0.305 e. The van der Waals surface area contributed by atoms with Gasteiger partial charge in [-0.3, -0.25) is 0 Å². The fraction of sp³-hybridized carbons (Fsp3) is 0.308. The molecule has 0 bridgehead atoms. The highest BCUT2D eigenvalue weighted by atomic mass is 79.9. The maximum atomic E-state index is 8.63. The van der Waals surface area contributed by atoms with Crippen molar-refractivity contribution in [3.63, 3.8) is 0 Å². The smallest absolute Gasteiger partial charge is 0.0622 e. The fourth-order valence-corrected chi connectivity index (χ4v) is 1.68. The van der Waals surface area contributed by atoms with E-state index in [0.717, 1.165) is 10.9 Å². The van der Waals surface area contributed by atoms with Crippen LogP contribution in [0.25, 0.3) is 0 Å². The number of nitriles is 1. The predicted octanol–water partition coefficient (Wildman–Crippen LogP) is 3.53. The summed E-state index contributed by atoms with van der Waals surface area (Å²) in [5.41, 5.74) is 1.21. The van der Waals surface area contributed by atoms with Gasteiger partial charge >= 0.3 is 0 Å². The van der Waals surface area contributed by atoms with Gasteiger partial charge in [0.1, 0.15) is 0 Å². The molecule has 2 nitrogen and oxygen atoms in total. The van der Waals surface area contributed by atoms with Gasteiger partial charge in [-0.05, 0) is 12.0 Å². The van der Waals surface area contributed by atoms with Gasteiger partial charge in [-0.2, -0.15) is 5.26 Å². The van der Waals surface area contributed by atoms with Gasteiger partial charge in [0.25, 0.3) is 0 Å². The maximum absolute atomic E-state index is 8.63. The number of halogens is 1. The van der Waals surface area contributed by atoms with Crippen molar-refractivity contribution in [1.82, 2.24) is 5.32 Å². The molecule has 16 heavy (non-hydrogen) atoms. The van der Waals surface area contributed by atoms with Crippen molar-refractivity contribution in [3.8, 4) is 6.07 Å². The standard InChI is InChI=1S/C13H15BrN2/c1-11(14)10-16-13(8-5-9-15)12-6-3-2-4-7-12/h2-4,6-7,13,16H,1,5,8,10H2. The first kappa shape index (κ1) is 13.0. The maximum Gasteiger partial charge on any atom is 0.0622 e. The summed E-state index contributed by atoms with van der Waals surface area (Å²) in [7, 11) is 0. The number of nitrogens with one attached hydrogen (secondary N) is 1. The van der Waals surface area contributed by atoms with Crippen LogP contribution in [0.2, 0.25) is 0 Å². The first-order valence-corrected chi connectivity index (χ1v) is 6.02. The Morgan fingerprint density at radius 1 is 1.44 bits per heavy atom. The van der Waals surface area contributed by atoms with Crippen molar-refractivity contribution < 1.29 is 0 Å². The Hall–Kier alpha value is -1.11. The predicted molar refractivity (Wildman–Crippen MR) is 70.1 cm³/mol. The Morgan fingerprint density at radius 2 is 2.12 bits per heavy atom. The fourth-order valence-electron chi connectivity index (χ4n) is 1.51. The summed E-state index contributed by atoms with van der Waals surface area (Å²) < 4.78 is 0.922. The second-order valence-electron chi connectivity index (χ2n) is 3.56. The molecule has 1 rings (SSSR count). The van der Waals surface area contributed by atoms with Gasteiger partial charge in [0.2, 0.25) is 0 Å². The van der Waals surface area contributed by atoms with E-state index >= 15 is 0 Å². The molecule has 0 saturated carbocycles. The monoisotopic (exact) mass is 278 g/mol. The first-order chi connectivity index (χ1) is 7.74. The van der Waals surface area contributed by atoms with E-state index in [0.29, 0.717) is 13.0 Å². The SMILES string of the molecule is C=C(Br)CNC(CCC#N)c1ccccc1. The molecular weight excluding hydrogens is 264 g/mol. The molecule has 0 heterocycles. The third kappa shape index (κ3) is 4.61. The van der Waals surface area contributed by atoms with Crippen LogP contribution in [0.15, 0.2) is 41.4 Å². The summed E-state index contributed by atoms with van der Waals surface area (Å²) in [5, 5.41) is 12.0. The largest absolute Gasteiger partial charge is 0.305 e. The summed E-state index contributed by atoms with van der Waals surface area (Å²) in [6.45, 7) is 4.50. The lowest BCUT2D eigenvalue weighted by molar-refractivity contribution is 0.533. The van der Waals surface area contributed by atoms with Crippen LogP contribution in [0.3, 0.4) is 0 Å². The molecule has 0 spiro atoms. The van der Waals surface area contributed by atoms with Gasteiger partial charge in [0, 0.05) is 23.5 Å². The van der Waals surface area contributed by atoms with Crippen LogP contribution in [0.5, 0.6) is 0 Å². The van der Waals surface area contributed by atoms with E-state index in [4.69, 9.17) is 5.26 Å². The van der Waals surface area contributed by atoms with Gasteiger partial charge in [-0.1, -0.05) is 52.8 Å². The summed E-state index contributed by atoms with van der Waals surface area (Å²) in [6.07, 6.45) is 1.38. The first-order valence-electron chi connectivity index (χ1n) is 5.22. The van der Waals surface area contributed by atoms with Crippen molar-refractivity contribution in [3.05, 3.63) is 47.0 Å². The average molecular weight is 279 g/mol. The molecule has 0 aromatic heterocycles. The molecule has 0 saturated heterocycles. The Kier molecular flexibility index (Phi) is 5.84. The van der Waals surface area contributed by atoms with Crippen LogP contribution < -0.4 is 5.32 Å². The van der Waals surface area contributed by atoms with Crippen molar-refractivity contribution >= 4 is 15.9 Å². The molecule has 1 unspecified atom stereocenters. The number of rotatable bonds is 6. The summed E-state index contributed by atoms with van der Waals surface area (Å²) >= 11 is 3.32. The van der Waals surface area contributed by atoms with Gasteiger partial charge in [-0.25, -0.2) is 0 Å². The second-order valence-corrected chi connectivity index (χ2v) is 4.68. The van der Waals surface area contributed by atoms with Gasteiger partial charge in [0.05, 0.1) is 6.07 Å². The third-order valence-corrected chi connectivity index (χ3v) is 2.57. The summed E-state index contributed by atoms with van der Waals surface area (Å²) in [5.74, 6) is 0. The van der Waals surface area contributed by atoms with E-state index < -0.39 is 0 Å². The molecule has 3 heteroatoms. The molecule has 0 aliphatic carbocycles. The van der Waals surface area contributed by atoms with Crippen LogP contribution in [0.1, 0.15) is 24.4 Å². The molecule has 1 aromatic rings. The minimum atomic E-state index is 0.218. The van der Waals surface area contributed by atoms with Crippen LogP contribution in [-0.2, 0) is 0 Å². The van der Waals surface area contributed by atoms with E-state index in [1.807, 2.05) is 18.2 Å². The normalized spacial score (nSPS) is 11.8. The lowest BCUT2D eigenvalue weighted by Crippen LogP contribution is -2.22. The molecule has 1 aromatic carbocycles. The van der Waals surface area contributed by atoms with E-state index in [9.17, 15) is 0 Å². The molecule has 0 aliphatic heterocycles. The van der Waals surface area contributed by atoms with Crippen LogP contribution in [0.4, 0.5) is 0 Å². The molecule has 1 atom stereocenters. The highest BCUT2D eigenvalue weighted by Crippen LogP contribution is 2.18. The second kappa shape index (κ2) is 7.21. The molecule has 0 aliphatic rings. The van der Waals surface area contributed by atoms with Gasteiger partial charge in [-0.15, -0.1) is 0 Å². The van der Waals surface area contributed by atoms with E-state index in [-0.39, 0.29) is 6.04 Å². The Labute approximate surface area is 105 Å².